The van der Waals surface area contributed by atoms with Crippen LogP contribution in [0, 0.1) is 12.3 Å². The maximum absolute atomic E-state index is 12.9. The van der Waals surface area contributed by atoms with E-state index in [4.69, 9.17) is 0 Å². The lowest BCUT2D eigenvalue weighted by Gasteiger charge is -2.35. The number of hydrogen-bond acceptors (Lipinski definition) is 5. The average molecular weight is 380 g/mol. The zero-order chi connectivity index (χ0) is 18.7. The summed E-state index contributed by atoms with van der Waals surface area (Å²) in [6.45, 7) is 6.76. The number of thioether (sulfide) groups is 1. The number of H-pyrrole nitrogens is 1. The highest BCUT2D eigenvalue weighted by atomic mass is 32.2. The van der Waals surface area contributed by atoms with Gasteiger partial charge in [0.2, 0.25) is 17.0 Å². The summed E-state index contributed by atoms with van der Waals surface area (Å²) in [7, 11) is 0. The number of aromatic nitrogens is 3. The summed E-state index contributed by atoms with van der Waals surface area (Å²) in [5, 5.41) is 10.6. The molecule has 0 radical (unpaired) electrons. The Labute approximate surface area is 159 Å². The van der Waals surface area contributed by atoms with E-state index in [0.29, 0.717) is 10.9 Å². The third kappa shape index (κ3) is 3.48. The predicted octanol–water partition coefficient (Wildman–Crippen LogP) is 2.28. The molecule has 2 saturated heterocycles. The van der Waals surface area contributed by atoms with E-state index < -0.39 is 5.41 Å². The molecular weight excluding hydrogens is 350 g/mol. The Bertz CT molecular complexity index is 664. The number of aryl methyl sites for hydroxylation is 1. The number of fused-ring (bicyclic) bond motifs is 2. The third-order valence-corrected chi connectivity index (χ3v) is 6.66. The highest BCUT2D eigenvalue weighted by Gasteiger charge is 2.59. The lowest BCUT2D eigenvalue weighted by atomic mass is 9.71. The molecule has 0 unspecified atom stereocenters. The van der Waals surface area contributed by atoms with Crippen LogP contribution in [0.2, 0.25) is 0 Å². The zero-order valence-electron chi connectivity index (χ0n) is 15.9. The van der Waals surface area contributed by atoms with E-state index in [2.05, 4.69) is 34.3 Å². The molecule has 3 heterocycles. The highest BCUT2D eigenvalue weighted by Crippen LogP contribution is 2.52. The van der Waals surface area contributed by atoms with E-state index in [1.165, 1.54) is 11.8 Å². The average Bonchev–Trinajstić information content (AvgIpc) is 3.33. The quantitative estimate of drug-likeness (QED) is 0.534. The fraction of sp³-hybridized carbons (Fsp3) is 0.778. The molecule has 2 aliphatic heterocycles. The molecule has 7 nitrogen and oxygen atoms in total. The largest absolute Gasteiger partial charge is 0.356 e. The van der Waals surface area contributed by atoms with E-state index in [1.54, 1.807) is 0 Å². The van der Waals surface area contributed by atoms with Crippen molar-refractivity contribution in [3.05, 3.63) is 5.82 Å². The minimum atomic E-state index is -0.418. The SMILES string of the molecule is CCCCNC(=O)[C@@]1(CC)C[C@H]2CC[C@@H]1N2C(=O)CSc1n[nH]c(C)n1. The van der Waals surface area contributed by atoms with Gasteiger partial charge in [-0.1, -0.05) is 32.0 Å². The van der Waals surface area contributed by atoms with Gasteiger partial charge in [0.15, 0.2) is 0 Å². The number of rotatable bonds is 8. The maximum atomic E-state index is 12.9. The van der Waals surface area contributed by atoms with E-state index in [9.17, 15) is 9.59 Å². The molecule has 1 aromatic rings. The number of hydrogen-bond donors (Lipinski definition) is 2. The Balaban J connectivity index is 1.65. The molecule has 2 bridgehead atoms. The van der Waals surface area contributed by atoms with Gasteiger partial charge in [0.05, 0.1) is 11.2 Å². The Morgan fingerprint density at radius 3 is 2.85 bits per heavy atom. The molecule has 2 amide bonds. The third-order valence-electron chi connectivity index (χ3n) is 5.83. The van der Waals surface area contributed by atoms with Gasteiger partial charge in [-0.2, -0.15) is 0 Å². The van der Waals surface area contributed by atoms with Crippen LogP contribution < -0.4 is 5.32 Å². The van der Waals surface area contributed by atoms with E-state index in [1.807, 2.05) is 11.8 Å². The summed E-state index contributed by atoms with van der Waals surface area (Å²) in [6.07, 6.45) is 5.56. The molecule has 8 heteroatoms. The van der Waals surface area contributed by atoms with Gasteiger partial charge in [0.25, 0.3) is 0 Å². The van der Waals surface area contributed by atoms with Gasteiger partial charge < -0.3 is 10.2 Å². The van der Waals surface area contributed by atoms with Crippen LogP contribution in [0.1, 0.15) is 58.2 Å². The lowest BCUT2D eigenvalue weighted by molar-refractivity contribution is -0.135. The predicted molar refractivity (Wildman–Crippen MR) is 101 cm³/mol. The van der Waals surface area contributed by atoms with Crippen LogP contribution in [0.3, 0.4) is 0 Å². The molecule has 0 saturated carbocycles. The first-order valence-corrected chi connectivity index (χ1v) is 10.6. The number of carbonyl (C=O) groups excluding carboxylic acids is 2. The van der Waals surface area contributed by atoms with Gasteiger partial charge >= 0.3 is 0 Å². The van der Waals surface area contributed by atoms with Crippen molar-refractivity contribution in [2.75, 3.05) is 12.3 Å². The van der Waals surface area contributed by atoms with Crippen molar-refractivity contribution in [1.29, 1.82) is 0 Å². The van der Waals surface area contributed by atoms with Crippen LogP contribution in [-0.4, -0.2) is 56.3 Å². The molecule has 0 aliphatic carbocycles. The maximum Gasteiger partial charge on any atom is 0.233 e. The number of carbonyl (C=O) groups is 2. The van der Waals surface area contributed by atoms with Gasteiger partial charge in [0, 0.05) is 18.6 Å². The summed E-state index contributed by atoms with van der Waals surface area (Å²) < 4.78 is 0. The Kier molecular flexibility index (Phi) is 5.89. The minimum absolute atomic E-state index is 0.0288. The number of nitrogens with one attached hydrogen (secondary N) is 2. The van der Waals surface area contributed by atoms with Crippen molar-refractivity contribution in [2.24, 2.45) is 5.41 Å². The van der Waals surface area contributed by atoms with Crippen molar-refractivity contribution in [3.8, 4) is 0 Å². The highest BCUT2D eigenvalue weighted by molar-refractivity contribution is 7.99. The molecule has 1 aromatic heterocycles. The molecule has 26 heavy (non-hydrogen) atoms. The van der Waals surface area contributed by atoms with Crippen LogP contribution in [0.15, 0.2) is 5.16 Å². The lowest BCUT2D eigenvalue weighted by Crippen LogP contribution is -2.50. The van der Waals surface area contributed by atoms with Gasteiger partial charge in [-0.15, -0.1) is 5.10 Å². The summed E-state index contributed by atoms with van der Waals surface area (Å²) >= 11 is 1.36. The van der Waals surface area contributed by atoms with Crippen molar-refractivity contribution in [2.45, 2.75) is 76.5 Å². The number of unbranched alkanes of at least 4 members (excludes halogenated alkanes) is 1. The van der Waals surface area contributed by atoms with Crippen molar-refractivity contribution >= 4 is 23.6 Å². The van der Waals surface area contributed by atoms with Crippen LogP contribution in [0.5, 0.6) is 0 Å². The topological polar surface area (TPSA) is 91.0 Å². The summed E-state index contributed by atoms with van der Waals surface area (Å²) in [4.78, 5) is 32.1. The summed E-state index contributed by atoms with van der Waals surface area (Å²) in [5.74, 6) is 1.30. The van der Waals surface area contributed by atoms with Gasteiger partial charge in [-0.05, 0) is 39.0 Å². The fourth-order valence-corrected chi connectivity index (χ4v) is 5.20. The van der Waals surface area contributed by atoms with Crippen LogP contribution >= 0.6 is 11.8 Å². The normalized spacial score (nSPS) is 27.1. The first-order valence-electron chi connectivity index (χ1n) is 9.63. The molecule has 2 N–H and O–H groups in total. The fourth-order valence-electron chi connectivity index (χ4n) is 4.49. The Morgan fingerprint density at radius 2 is 2.19 bits per heavy atom. The van der Waals surface area contributed by atoms with E-state index in [-0.39, 0.29) is 23.9 Å². The molecule has 144 valence electrons. The smallest absolute Gasteiger partial charge is 0.233 e. The molecule has 2 aliphatic rings. The van der Waals surface area contributed by atoms with Gasteiger partial charge in [-0.25, -0.2) is 4.98 Å². The van der Waals surface area contributed by atoms with Crippen molar-refractivity contribution < 1.29 is 9.59 Å². The van der Waals surface area contributed by atoms with Crippen molar-refractivity contribution in [3.63, 3.8) is 0 Å². The second-order valence-corrected chi connectivity index (χ2v) is 8.31. The standard InChI is InChI=1S/C18H29N5O2S/c1-4-6-9-19-16(25)18(5-2)10-13-7-8-14(18)23(13)15(24)11-26-17-20-12(3)21-22-17/h13-14H,4-11H2,1-3H3,(H,19,25)(H,20,21,22)/t13-,14+,18+/m1/s1. The summed E-state index contributed by atoms with van der Waals surface area (Å²) in [5.41, 5.74) is -0.418. The number of aromatic amines is 1. The van der Waals surface area contributed by atoms with E-state index >= 15 is 0 Å². The number of nitrogens with zero attached hydrogens (tertiary/aromatic N) is 3. The minimum Gasteiger partial charge on any atom is -0.356 e. The zero-order valence-corrected chi connectivity index (χ0v) is 16.7. The Morgan fingerprint density at radius 1 is 1.38 bits per heavy atom. The van der Waals surface area contributed by atoms with Gasteiger partial charge in [0.1, 0.15) is 5.82 Å². The molecule has 3 rings (SSSR count). The van der Waals surface area contributed by atoms with E-state index in [0.717, 1.165) is 50.9 Å². The number of amides is 2. The molecule has 0 aromatic carbocycles. The molecule has 0 spiro atoms. The van der Waals surface area contributed by atoms with Crippen LogP contribution in [0.25, 0.3) is 0 Å². The van der Waals surface area contributed by atoms with Crippen molar-refractivity contribution in [1.82, 2.24) is 25.4 Å². The second-order valence-electron chi connectivity index (χ2n) is 7.36. The molecule has 3 atom stereocenters. The summed E-state index contributed by atoms with van der Waals surface area (Å²) in [6, 6.07) is 0.222. The first-order chi connectivity index (χ1) is 12.5. The molecule has 2 fully saturated rings. The second kappa shape index (κ2) is 7.98. The van der Waals surface area contributed by atoms with Gasteiger partial charge in [-0.3, -0.25) is 14.7 Å². The van der Waals surface area contributed by atoms with Crippen LogP contribution in [0.4, 0.5) is 0 Å². The van der Waals surface area contributed by atoms with Crippen LogP contribution in [-0.2, 0) is 9.59 Å². The Hall–Kier alpha value is -1.57. The monoisotopic (exact) mass is 379 g/mol. The molecular formula is C18H29N5O2S. The first kappa shape index (κ1) is 19.2.